The standard InChI is InChI=1S/C11H18N2O4/c1-2-5-15-6-7-16-8-9-3-4-10(17-9)11(14)13-12/h3-4H,2,5-8,12H2,1H3,(H,13,14). The van der Waals surface area contributed by atoms with Crippen LogP contribution in [0.5, 0.6) is 0 Å². The number of carbonyl (C=O) groups excluding carboxylic acids is 1. The number of carbonyl (C=O) groups is 1. The molecule has 0 bridgehead atoms. The van der Waals surface area contributed by atoms with Gasteiger partial charge in [0.2, 0.25) is 0 Å². The quantitative estimate of drug-likeness (QED) is 0.305. The van der Waals surface area contributed by atoms with Crippen LogP contribution in [-0.4, -0.2) is 25.7 Å². The minimum atomic E-state index is -0.456. The Morgan fingerprint density at radius 3 is 2.82 bits per heavy atom. The monoisotopic (exact) mass is 242 g/mol. The van der Waals surface area contributed by atoms with Gasteiger partial charge in [-0.2, -0.15) is 0 Å². The number of hydrogen-bond donors (Lipinski definition) is 2. The van der Waals surface area contributed by atoms with Gasteiger partial charge in [0.1, 0.15) is 12.4 Å². The molecule has 0 fully saturated rings. The van der Waals surface area contributed by atoms with Crippen molar-refractivity contribution in [2.24, 2.45) is 5.84 Å². The maximum atomic E-state index is 11.1. The summed E-state index contributed by atoms with van der Waals surface area (Å²) < 4.78 is 15.8. The third-order valence-corrected chi connectivity index (χ3v) is 1.98. The molecule has 1 heterocycles. The number of hydrogen-bond acceptors (Lipinski definition) is 5. The molecule has 6 nitrogen and oxygen atoms in total. The van der Waals surface area contributed by atoms with Gasteiger partial charge in [0.05, 0.1) is 13.2 Å². The molecule has 0 unspecified atom stereocenters. The van der Waals surface area contributed by atoms with Crippen molar-refractivity contribution in [2.75, 3.05) is 19.8 Å². The smallest absolute Gasteiger partial charge is 0.300 e. The van der Waals surface area contributed by atoms with E-state index in [1.165, 1.54) is 0 Å². The molecular formula is C11H18N2O4. The predicted molar refractivity (Wildman–Crippen MR) is 61.1 cm³/mol. The molecule has 1 amide bonds. The van der Waals surface area contributed by atoms with Gasteiger partial charge in [0.25, 0.3) is 0 Å². The SMILES string of the molecule is CCCOCCOCc1ccc(C(=O)NN)o1. The van der Waals surface area contributed by atoms with Crippen LogP contribution in [0.2, 0.25) is 0 Å². The highest BCUT2D eigenvalue weighted by Gasteiger charge is 2.09. The van der Waals surface area contributed by atoms with Crippen molar-refractivity contribution in [3.05, 3.63) is 23.7 Å². The molecule has 0 spiro atoms. The summed E-state index contributed by atoms with van der Waals surface area (Å²) in [6, 6.07) is 3.23. The van der Waals surface area contributed by atoms with E-state index in [1.54, 1.807) is 12.1 Å². The van der Waals surface area contributed by atoms with E-state index in [0.29, 0.717) is 25.6 Å². The zero-order chi connectivity index (χ0) is 12.5. The molecule has 3 N–H and O–H groups in total. The minimum Gasteiger partial charge on any atom is -0.453 e. The van der Waals surface area contributed by atoms with Gasteiger partial charge in [-0.1, -0.05) is 6.92 Å². The third-order valence-electron chi connectivity index (χ3n) is 1.98. The van der Waals surface area contributed by atoms with Crippen LogP contribution in [0.15, 0.2) is 16.5 Å². The van der Waals surface area contributed by atoms with Crippen molar-refractivity contribution >= 4 is 5.91 Å². The fraction of sp³-hybridized carbons (Fsp3) is 0.545. The highest BCUT2D eigenvalue weighted by Crippen LogP contribution is 2.08. The Morgan fingerprint density at radius 2 is 2.12 bits per heavy atom. The molecule has 0 aliphatic rings. The second kappa shape index (κ2) is 7.83. The lowest BCUT2D eigenvalue weighted by molar-refractivity contribution is 0.0346. The highest BCUT2D eigenvalue weighted by atomic mass is 16.5. The maximum Gasteiger partial charge on any atom is 0.300 e. The van der Waals surface area contributed by atoms with Gasteiger partial charge in [-0.05, 0) is 18.6 Å². The van der Waals surface area contributed by atoms with Crippen molar-refractivity contribution in [3.8, 4) is 0 Å². The van der Waals surface area contributed by atoms with Crippen molar-refractivity contribution in [3.63, 3.8) is 0 Å². The number of amides is 1. The Morgan fingerprint density at radius 1 is 1.35 bits per heavy atom. The zero-order valence-electron chi connectivity index (χ0n) is 9.90. The van der Waals surface area contributed by atoms with E-state index in [2.05, 4.69) is 0 Å². The van der Waals surface area contributed by atoms with Crippen molar-refractivity contribution in [2.45, 2.75) is 20.0 Å². The Kier molecular flexibility index (Phi) is 6.31. The molecule has 17 heavy (non-hydrogen) atoms. The number of nitrogen functional groups attached to an aromatic ring is 1. The number of rotatable bonds is 8. The molecule has 0 aromatic carbocycles. The first-order chi connectivity index (χ1) is 8.27. The van der Waals surface area contributed by atoms with E-state index in [9.17, 15) is 4.79 Å². The van der Waals surface area contributed by atoms with E-state index < -0.39 is 5.91 Å². The summed E-state index contributed by atoms with van der Waals surface area (Å²) in [6.07, 6.45) is 0.996. The number of furan rings is 1. The van der Waals surface area contributed by atoms with Gasteiger partial charge in [0.15, 0.2) is 5.76 Å². The molecule has 6 heteroatoms. The Bertz CT molecular complexity index is 338. The van der Waals surface area contributed by atoms with Gasteiger partial charge in [0, 0.05) is 6.61 Å². The molecule has 0 aliphatic carbocycles. The molecule has 0 saturated heterocycles. The van der Waals surface area contributed by atoms with Gasteiger partial charge in [-0.15, -0.1) is 0 Å². The zero-order valence-corrected chi connectivity index (χ0v) is 9.90. The summed E-state index contributed by atoms with van der Waals surface area (Å²) in [5, 5.41) is 0. The summed E-state index contributed by atoms with van der Waals surface area (Å²) in [5.41, 5.74) is 1.99. The number of hydrazine groups is 1. The normalized spacial score (nSPS) is 10.5. The minimum absolute atomic E-state index is 0.174. The molecule has 0 saturated carbocycles. The van der Waals surface area contributed by atoms with E-state index in [0.717, 1.165) is 13.0 Å². The summed E-state index contributed by atoms with van der Waals surface area (Å²) in [4.78, 5) is 11.1. The molecule has 1 aromatic rings. The summed E-state index contributed by atoms with van der Waals surface area (Å²) >= 11 is 0. The lowest BCUT2D eigenvalue weighted by Crippen LogP contribution is -2.29. The van der Waals surface area contributed by atoms with Crippen LogP contribution in [-0.2, 0) is 16.1 Å². The largest absolute Gasteiger partial charge is 0.453 e. The van der Waals surface area contributed by atoms with Gasteiger partial charge < -0.3 is 13.9 Å². The van der Waals surface area contributed by atoms with Gasteiger partial charge in [-0.3, -0.25) is 10.2 Å². The summed E-state index contributed by atoms with van der Waals surface area (Å²) in [6.45, 7) is 4.16. The molecule has 1 rings (SSSR count). The molecule has 0 atom stereocenters. The van der Waals surface area contributed by atoms with Crippen molar-refractivity contribution < 1.29 is 18.7 Å². The number of ether oxygens (including phenoxy) is 2. The van der Waals surface area contributed by atoms with Crippen LogP contribution in [0.3, 0.4) is 0 Å². The lowest BCUT2D eigenvalue weighted by atomic mass is 10.4. The van der Waals surface area contributed by atoms with E-state index in [4.69, 9.17) is 19.7 Å². The first-order valence-corrected chi connectivity index (χ1v) is 5.53. The van der Waals surface area contributed by atoms with Crippen molar-refractivity contribution in [1.29, 1.82) is 0 Å². The first kappa shape index (κ1) is 13.7. The number of nitrogens with one attached hydrogen (secondary N) is 1. The Balaban J connectivity index is 2.19. The van der Waals surface area contributed by atoms with Crippen LogP contribution in [0.1, 0.15) is 29.7 Å². The van der Waals surface area contributed by atoms with Crippen LogP contribution in [0.25, 0.3) is 0 Å². The average molecular weight is 242 g/mol. The second-order valence-corrected chi connectivity index (χ2v) is 3.40. The molecule has 96 valence electrons. The summed E-state index contributed by atoms with van der Waals surface area (Å²) in [7, 11) is 0. The Labute approximate surface area is 100 Å². The number of nitrogens with two attached hydrogens (primary N) is 1. The van der Waals surface area contributed by atoms with Crippen LogP contribution in [0.4, 0.5) is 0 Å². The Hall–Kier alpha value is -1.37. The second-order valence-electron chi connectivity index (χ2n) is 3.40. The van der Waals surface area contributed by atoms with Gasteiger partial charge >= 0.3 is 5.91 Å². The fourth-order valence-corrected chi connectivity index (χ4v) is 1.19. The van der Waals surface area contributed by atoms with Crippen LogP contribution >= 0.6 is 0 Å². The fourth-order valence-electron chi connectivity index (χ4n) is 1.19. The predicted octanol–water partition coefficient (Wildman–Crippen LogP) is 0.826. The lowest BCUT2D eigenvalue weighted by Gasteiger charge is -2.03. The third kappa shape index (κ3) is 4.99. The van der Waals surface area contributed by atoms with Gasteiger partial charge in [-0.25, -0.2) is 5.84 Å². The molecule has 0 radical (unpaired) electrons. The van der Waals surface area contributed by atoms with E-state index in [-0.39, 0.29) is 5.76 Å². The van der Waals surface area contributed by atoms with Crippen LogP contribution < -0.4 is 11.3 Å². The first-order valence-electron chi connectivity index (χ1n) is 5.53. The van der Waals surface area contributed by atoms with Crippen LogP contribution in [0, 0.1) is 0 Å². The molecular weight excluding hydrogens is 224 g/mol. The van der Waals surface area contributed by atoms with Crippen molar-refractivity contribution in [1.82, 2.24) is 5.43 Å². The maximum absolute atomic E-state index is 11.1. The highest BCUT2D eigenvalue weighted by molar-refractivity contribution is 5.90. The van der Waals surface area contributed by atoms with E-state index >= 15 is 0 Å². The average Bonchev–Trinajstić information content (AvgIpc) is 2.81. The summed E-state index contributed by atoms with van der Waals surface area (Å²) in [5.74, 6) is 5.28. The van der Waals surface area contributed by atoms with E-state index in [1.807, 2.05) is 12.3 Å². The molecule has 1 aromatic heterocycles. The molecule has 0 aliphatic heterocycles. The topological polar surface area (TPSA) is 86.7 Å².